The van der Waals surface area contributed by atoms with Gasteiger partial charge in [0, 0.05) is 17.3 Å². The van der Waals surface area contributed by atoms with Crippen LogP contribution in [0.25, 0.3) is 0 Å². The summed E-state index contributed by atoms with van der Waals surface area (Å²) >= 11 is 0. The van der Waals surface area contributed by atoms with Crippen LogP contribution >= 0.6 is 0 Å². The number of hydrogen-bond acceptors (Lipinski definition) is 3. The van der Waals surface area contributed by atoms with E-state index >= 15 is 0 Å². The Morgan fingerprint density at radius 1 is 0.962 bits per heavy atom. The third-order valence-corrected chi connectivity index (χ3v) is 6.28. The topological polar surface area (TPSA) is 75.3 Å². The fraction of sp³-hybridized carbons (Fsp3) is 0.350. The first-order chi connectivity index (χ1) is 12.5. The predicted molar refractivity (Wildman–Crippen MR) is 103 cm³/mol. The first-order valence-electron chi connectivity index (χ1n) is 8.94. The van der Waals surface area contributed by atoms with Crippen molar-refractivity contribution in [1.82, 2.24) is 5.32 Å². The lowest BCUT2D eigenvalue weighted by Gasteiger charge is -2.29. The third kappa shape index (κ3) is 4.43. The Morgan fingerprint density at radius 2 is 1.62 bits per heavy atom. The van der Waals surface area contributed by atoms with Crippen molar-refractivity contribution in [3.63, 3.8) is 0 Å². The van der Waals surface area contributed by atoms with E-state index in [9.17, 15) is 13.2 Å². The molecule has 0 aromatic heterocycles. The quantitative estimate of drug-likeness (QED) is 0.838. The molecular formula is C20H24N2O3S. The Kier molecular flexibility index (Phi) is 5.61. The van der Waals surface area contributed by atoms with Crippen molar-refractivity contribution in [2.45, 2.75) is 43.5 Å². The molecule has 1 amide bonds. The molecule has 3 rings (SSSR count). The summed E-state index contributed by atoms with van der Waals surface area (Å²) in [5.74, 6) is 0.380. The van der Waals surface area contributed by atoms with Gasteiger partial charge < -0.3 is 5.32 Å². The first-order valence-corrected chi connectivity index (χ1v) is 10.4. The van der Waals surface area contributed by atoms with Crippen molar-refractivity contribution in [2.24, 2.45) is 5.92 Å². The largest absolute Gasteiger partial charge is 0.349 e. The molecule has 138 valence electrons. The molecule has 1 saturated carbocycles. The van der Waals surface area contributed by atoms with Crippen LogP contribution in [0.4, 0.5) is 5.69 Å². The number of carbonyl (C=O) groups is 1. The Labute approximate surface area is 154 Å². The second-order valence-electron chi connectivity index (χ2n) is 6.84. The summed E-state index contributed by atoms with van der Waals surface area (Å²) in [5, 5.41) is 3.10. The molecule has 2 aromatic rings. The van der Waals surface area contributed by atoms with Crippen molar-refractivity contribution in [3.05, 3.63) is 60.2 Å². The molecule has 1 aliphatic rings. The normalized spacial score (nSPS) is 20.3. The Morgan fingerprint density at radius 3 is 2.27 bits per heavy atom. The van der Waals surface area contributed by atoms with Crippen molar-refractivity contribution in [2.75, 3.05) is 4.72 Å². The molecule has 2 N–H and O–H groups in total. The van der Waals surface area contributed by atoms with Crippen LogP contribution in [-0.4, -0.2) is 20.4 Å². The van der Waals surface area contributed by atoms with Gasteiger partial charge in [0.2, 0.25) is 0 Å². The maximum Gasteiger partial charge on any atom is 0.261 e. The van der Waals surface area contributed by atoms with Crippen LogP contribution < -0.4 is 10.0 Å². The van der Waals surface area contributed by atoms with Crippen LogP contribution in [0.2, 0.25) is 0 Å². The van der Waals surface area contributed by atoms with Crippen molar-refractivity contribution in [3.8, 4) is 0 Å². The van der Waals surface area contributed by atoms with Crippen molar-refractivity contribution in [1.29, 1.82) is 0 Å². The fourth-order valence-electron chi connectivity index (χ4n) is 3.29. The number of nitrogens with one attached hydrogen (secondary N) is 2. The number of hydrogen-bond donors (Lipinski definition) is 2. The van der Waals surface area contributed by atoms with E-state index in [1.807, 2.05) is 0 Å². The molecule has 2 atom stereocenters. The molecule has 0 heterocycles. The number of benzene rings is 2. The van der Waals surface area contributed by atoms with E-state index in [0.29, 0.717) is 17.2 Å². The SMILES string of the molecule is C[C@H]1CCCC[C@@H]1NC(=O)c1ccc(NS(=O)(=O)c2ccccc2)cc1. The van der Waals surface area contributed by atoms with Crippen molar-refractivity contribution < 1.29 is 13.2 Å². The predicted octanol–water partition coefficient (Wildman–Crippen LogP) is 3.80. The van der Waals surface area contributed by atoms with Gasteiger partial charge in [0.1, 0.15) is 0 Å². The minimum absolute atomic E-state index is 0.110. The van der Waals surface area contributed by atoms with Crippen LogP contribution in [0.1, 0.15) is 43.0 Å². The van der Waals surface area contributed by atoms with E-state index in [2.05, 4.69) is 17.0 Å². The fourth-order valence-corrected chi connectivity index (χ4v) is 4.37. The summed E-state index contributed by atoms with van der Waals surface area (Å²) in [4.78, 5) is 12.6. The molecule has 0 aliphatic heterocycles. The maximum atomic E-state index is 12.4. The third-order valence-electron chi connectivity index (χ3n) is 4.88. The maximum absolute atomic E-state index is 12.4. The highest BCUT2D eigenvalue weighted by atomic mass is 32.2. The Hall–Kier alpha value is -2.34. The molecular weight excluding hydrogens is 348 g/mol. The first kappa shape index (κ1) is 18.5. The average Bonchev–Trinajstić information content (AvgIpc) is 2.64. The molecule has 5 nitrogen and oxygen atoms in total. The van der Waals surface area contributed by atoms with Crippen LogP contribution in [0.5, 0.6) is 0 Å². The van der Waals surface area contributed by atoms with E-state index in [-0.39, 0.29) is 16.8 Å². The van der Waals surface area contributed by atoms with Gasteiger partial charge in [-0.25, -0.2) is 8.42 Å². The van der Waals surface area contributed by atoms with E-state index in [0.717, 1.165) is 19.3 Å². The number of carbonyl (C=O) groups excluding carboxylic acids is 1. The second kappa shape index (κ2) is 7.91. The molecule has 1 fully saturated rings. The van der Waals surface area contributed by atoms with Crippen LogP contribution in [0.15, 0.2) is 59.5 Å². The van der Waals surface area contributed by atoms with Gasteiger partial charge in [-0.2, -0.15) is 0 Å². The monoisotopic (exact) mass is 372 g/mol. The van der Waals surface area contributed by atoms with Gasteiger partial charge in [0.15, 0.2) is 0 Å². The van der Waals surface area contributed by atoms with Gasteiger partial charge >= 0.3 is 0 Å². The van der Waals surface area contributed by atoms with E-state index in [4.69, 9.17) is 0 Å². The van der Waals surface area contributed by atoms with Gasteiger partial charge in [-0.1, -0.05) is 38.0 Å². The smallest absolute Gasteiger partial charge is 0.261 e. The molecule has 0 radical (unpaired) electrons. The highest BCUT2D eigenvalue weighted by Gasteiger charge is 2.23. The lowest BCUT2D eigenvalue weighted by molar-refractivity contribution is 0.0910. The van der Waals surface area contributed by atoms with Gasteiger partial charge in [-0.3, -0.25) is 9.52 Å². The number of sulfonamides is 1. The van der Waals surface area contributed by atoms with Crippen molar-refractivity contribution >= 4 is 21.6 Å². The minimum Gasteiger partial charge on any atom is -0.349 e. The molecule has 0 saturated heterocycles. The summed E-state index contributed by atoms with van der Waals surface area (Å²) in [6, 6.07) is 14.9. The highest BCUT2D eigenvalue weighted by Crippen LogP contribution is 2.24. The average molecular weight is 372 g/mol. The summed E-state index contributed by atoms with van der Waals surface area (Å²) in [7, 11) is -3.63. The molecule has 0 spiro atoms. The van der Waals surface area contributed by atoms with E-state index in [1.54, 1.807) is 42.5 Å². The Balaban J connectivity index is 1.65. The van der Waals surface area contributed by atoms with Crippen LogP contribution in [-0.2, 0) is 10.0 Å². The summed E-state index contributed by atoms with van der Waals surface area (Å²) in [5.41, 5.74) is 0.960. The highest BCUT2D eigenvalue weighted by molar-refractivity contribution is 7.92. The zero-order valence-electron chi connectivity index (χ0n) is 14.8. The van der Waals surface area contributed by atoms with E-state index in [1.165, 1.54) is 18.6 Å². The summed E-state index contributed by atoms with van der Waals surface area (Å²) in [6.07, 6.45) is 4.53. The number of rotatable bonds is 5. The molecule has 6 heteroatoms. The zero-order valence-corrected chi connectivity index (χ0v) is 15.6. The van der Waals surface area contributed by atoms with Gasteiger partial charge in [-0.05, 0) is 55.2 Å². The summed E-state index contributed by atoms with van der Waals surface area (Å²) in [6.45, 7) is 2.17. The van der Waals surface area contributed by atoms with Gasteiger partial charge in [0.25, 0.3) is 15.9 Å². The number of amides is 1. The Bertz CT molecular complexity index is 848. The summed E-state index contributed by atoms with van der Waals surface area (Å²) < 4.78 is 27.2. The lowest BCUT2D eigenvalue weighted by Crippen LogP contribution is -2.41. The molecule has 26 heavy (non-hydrogen) atoms. The van der Waals surface area contributed by atoms with Gasteiger partial charge in [-0.15, -0.1) is 0 Å². The van der Waals surface area contributed by atoms with E-state index < -0.39 is 10.0 Å². The molecule has 0 bridgehead atoms. The zero-order chi connectivity index (χ0) is 18.6. The molecule has 2 aromatic carbocycles. The van der Waals surface area contributed by atoms with Gasteiger partial charge in [0.05, 0.1) is 4.90 Å². The number of anilines is 1. The second-order valence-corrected chi connectivity index (χ2v) is 8.52. The van der Waals surface area contributed by atoms with Crippen LogP contribution in [0.3, 0.4) is 0 Å². The lowest BCUT2D eigenvalue weighted by atomic mass is 9.86. The molecule has 0 unspecified atom stereocenters. The minimum atomic E-state index is -3.63. The standard InChI is InChI=1S/C20H24N2O3S/c1-15-7-5-6-10-19(15)21-20(23)16-11-13-17(14-12-16)22-26(24,25)18-8-3-2-4-9-18/h2-4,8-9,11-15,19,22H,5-7,10H2,1H3,(H,21,23)/t15-,19-/m0/s1. The van der Waals surface area contributed by atoms with Crippen LogP contribution in [0, 0.1) is 5.92 Å². The molecule has 1 aliphatic carbocycles.